The molecule has 1 aliphatic carbocycles. The zero-order valence-electron chi connectivity index (χ0n) is 28.5. The van der Waals surface area contributed by atoms with Crippen molar-refractivity contribution < 1.29 is 29.0 Å². The monoisotopic (exact) mass is 630 g/mol. The lowest BCUT2D eigenvalue weighted by Gasteiger charge is -2.32. The minimum atomic E-state index is -1.07. The van der Waals surface area contributed by atoms with Crippen molar-refractivity contribution >= 4 is 23.8 Å². The minimum absolute atomic E-state index is 0.0657. The molecule has 0 aliphatic heterocycles. The highest BCUT2D eigenvalue weighted by molar-refractivity contribution is 5.91. The van der Waals surface area contributed by atoms with E-state index in [9.17, 15) is 24.3 Å². The lowest BCUT2D eigenvalue weighted by atomic mass is 9.83. The second-order valence-corrected chi connectivity index (χ2v) is 14.4. The average Bonchev–Trinajstić information content (AvgIpc) is 2.94. The largest absolute Gasteiger partial charge is 0.444 e. The van der Waals surface area contributed by atoms with E-state index in [1.165, 1.54) is 6.42 Å². The van der Waals surface area contributed by atoms with Crippen LogP contribution in [-0.2, 0) is 25.5 Å². The molecule has 0 aromatic heterocycles. The summed E-state index contributed by atoms with van der Waals surface area (Å²) in [6.07, 6.45) is 4.62. The first-order chi connectivity index (χ1) is 21.1. The van der Waals surface area contributed by atoms with Gasteiger partial charge < -0.3 is 31.1 Å². The molecule has 0 heterocycles. The third-order valence-electron chi connectivity index (χ3n) is 7.84. The van der Waals surface area contributed by atoms with E-state index in [0.29, 0.717) is 25.3 Å². The molecule has 1 aromatic rings. The molecule has 0 radical (unpaired) electrons. The summed E-state index contributed by atoms with van der Waals surface area (Å²) in [7, 11) is 0. The molecule has 0 spiro atoms. The van der Waals surface area contributed by atoms with Gasteiger partial charge in [0.25, 0.3) is 0 Å². The maximum Gasteiger partial charge on any atom is 0.408 e. The Hall–Kier alpha value is -3.14. The van der Waals surface area contributed by atoms with E-state index < -0.39 is 47.7 Å². The van der Waals surface area contributed by atoms with Gasteiger partial charge in [-0.25, -0.2) is 4.79 Å². The minimum Gasteiger partial charge on any atom is -0.444 e. The van der Waals surface area contributed by atoms with Gasteiger partial charge in [-0.2, -0.15) is 0 Å². The highest BCUT2D eigenvalue weighted by Gasteiger charge is 2.33. The van der Waals surface area contributed by atoms with E-state index in [1.807, 2.05) is 58.0 Å². The molecule has 45 heavy (non-hydrogen) atoms. The van der Waals surface area contributed by atoms with Gasteiger partial charge in [0.05, 0.1) is 18.6 Å². The molecule has 0 saturated heterocycles. The van der Waals surface area contributed by atoms with E-state index in [4.69, 9.17) is 4.74 Å². The third kappa shape index (κ3) is 15.6. The Morgan fingerprint density at radius 3 is 2.07 bits per heavy atom. The lowest BCUT2D eigenvalue weighted by Crippen LogP contribution is -2.57. The maximum absolute atomic E-state index is 13.8. The second kappa shape index (κ2) is 18.7. The van der Waals surface area contributed by atoms with Crippen molar-refractivity contribution in [1.29, 1.82) is 0 Å². The fraction of sp³-hybridized carbons (Fsp3) is 0.714. The van der Waals surface area contributed by atoms with Crippen molar-refractivity contribution in [3.63, 3.8) is 0 Å². The van der Waals surface area contributed by atoms with E-state index >= 15 is 0 Å². The Kier molecular flexibility index (Phi) is 15.8. The highest BCUT2D eigenvalue weighted by Crippen LogP contribution is 2.28. The smallest absolute Gasteiger partial charge is 0.408 e. The summed E-state index contributed by atoms with van der Waals surface area (Å²) < 4.78 is 5.42. The number of aliphatic hydroxyl groups is 1. The van der Waals surface area contributed by atoms with Gasteiger partial charge >= 0.3 is 6.09 Å². The fourth-order valence-electron chi connectivity index (χ4n) is 5.58. The van der Waals surface area contributed by atoms with Gasteiger partial charge in [-0.1, -0.05) is 90.1 Å². The molecular weight excluding hydrogens is 572 g/mol. The Morgan fingerprint density at radius 2 is 1.49 bits per heavy atom. The van der Waals surface area contributed by atoms with Crippen LogP contribution in [0.2, 0.25) is 0 Å². The van der Waals surface area contributed by atoms with Gasteiger partial charge in [0.1, 0.15) is 17.7 Å². The SMILES string of the molecule is CC(C)CNC(=O)CC(O)C(CC1CCCCC1)NC(=O)[C@H](CC(C)C)NC(=O)[C@H](Cc1ccccc1)NC(=O)OC(C)(C)C. The summed E-state index contributed by atoms with van der Waals surface area (Å²) in [5, 5.41) is 22.6. The van der Waals surface area contributed by atoms with Gasteiger partial charge in [-0.15, -0.1) is 0 Å². The van der Waals surface area contributed by atoms with Gasteiger partial charge in [0.2, 0.25) is 17.7 Å². The number of carbonyl (C=O) groups is 4. The predicted octanol–water partition coefficient (Wildman–Crippen LogP) is 4.63. The van der Waals surface area contributed by atoms with Gasteiger partial charge in [-0.05, 0) is 56.9 Å². The average molecular weight is 631 g/mol. The number of aliphatic hydroxyl groups excluding tert-OH is 1. The van der Waals surface area contributed by atoms with Crippen LogP contribution in [-0.4, -0.2) is 65.3 Å². The predicted molar refractivity (Wildman–Crippen MR) is 176 cm³/mol. The summed E-state index contributed by atoms with van der Waals surface area (Å²) in [6.45, 7) is 13.7. The Bertz CT molecular complexity index is 1070. The summed E-state index contributed by atoms with van der Waals surface area (Å²) in [6, 6.07) is 6.77. The molecule has 4 amide bonds. The van der Waals surface area contributed by atoms with Crippen LogP contribution < -0.4 is 21.3 Å². The van der Waals surface area contributed by atoms with Crippen molar-refractivity contribution in [2.75, 3.05) is 6.54 Å². The Labute approximate surface area is 270 Å². The lowest BCUT2D eigenvalue weighted by molar-refractivity contribution is -0.131. The molecule has 2 rings (SSSR count). The molecule has 10 nitrogen and oxygen atoms in total. The number of ether oxygens (including phenoxy) is 1. The zero-order valence-corrected chi connectivity index (χ0v) is 28.5. The molecule has 1 aliphatic rings. The topological polar surface area (TPSA) is 146 Å². The van der Waals surface area contributed by atoms with Gasteiger partial charge in [0, 0.05) is 13.0 Å². The van der Waals surface area contributed by atoms with E-state index in [-0.39, 0.29) is 30.6 Å². The van der Waals surface area contributed by atoms with Crippen LogP contribution >= 0.6 is 0 Å². The van der Waals surface area contributed by atoms with Crippen molar-refractivity contribution in [2.45, 2.75) is 136 Å². The fourth-order valence-corrected chi connectivity index (χ4v) is 5.58. The number of carbonyl (C=O) groups excluding carboxylic acids is 4. The van der Waals surface area contributed by atoms with Crippen molar-refractivity contribution in [1.82, 2.24) is 21.3 Å². The molecule has 1 saturated carbocycles. The number of rotatable bonds is 16. The van der Waals surface area contributed by atoms with Crippen LogP contribution in [0.25, 0.3) is 0 Å². The van der Waals surface area contributed by atoms with Crippen molar-refractivity contribution in [3.8, 4) is 0 Å². The van der Waals surface area contributed by atoms with Crippen molar-refractivity contribution in [2.24, 2.45) is 17.8 Å². The first-order valence-corrected chi connectivity index (χ1v) is 16.7. The molecular formula is C35H58N4O6. The summed E-state index contributed by atoms with van der Waals surface area (Å²) >= 11 is 0. The van der Waals surface area contributed by atoms with Crippen LogP contribution in [0.1, 0.15) is 105 Å². The van der Waals surface area contributed by atoms with Crippen LogP contribution in [0.5, 0.6) is 0 Å². The van der Waals surface area contributed by atoms with Gasteiger partial charge in [-0.3, -0.25) is 14.4 Å². The standard InChI is InChI=1S/C35H58N4O6/c1-23(2)18-28(38-33(43)29(20-26-16-12-9-13-17-26)39-34(44)45-35(5,6)7)32(42)37-27(19-25-14-10-8-11-15-25)30(40)21-31(41)36-22-24(3)4/h9,12-13,16-17,23-25,27-30,40H,8,10-11,14-15,18-22H2,1-7H3,(H,36,41)(H,37,42)(H,38,43)(H,39,44)/t27?,28-,29-,30?/m0/s1. The molecule has 0 bridgehead atoms. The number of alkyl carbamates (subject to hydrolysis) is 1. The molecule has 5 N–H and O–H groups in total. The van der Waals surface area contributed by atoms with E-state index in [2.05, 4.69) is 21.3 Å². The summed E-state index contributed by atoms with van der Waals surface area (Å²) in [5.41, 5.74) is 0.0858. The third-order valence-corrected chi connectivity index (χ3v) is 7.84. The second-order valence-electron chi connectivity index (χ2n) is 14.4. The maximum atomic E-state index is 13.8. The summed E-state index contributed by atoms with van der Waals surface area (Å²) in [5.74, 6) is -0.513. The molecule has 1 aromatic carbocycles. The highest BCUT2D eigenvalue weighted by atomic mass is 16.6. The van der Waals surface area contributed by atoms with Crippen LogP contribution in [0.3, 0.4) is 0 Å². The molecule has 1 fully saturated rings. The first-order valence-electron chi connectivity index (χ1n) is 16.7. The molecule has 10 heteroatoms. The number of benzene rings is 1. The van der Waals surface area contributed by atoms with Gasteiger partial charge in [0.15, 0.2) is 0 Å². The van der Waals surface area contributed by atoms with E-state index in [1.54, 1.807) is 20.8 Å². The zero-order chi connectivity index (χ0) is 33.6. The van der Waals surface area contributed by atoms with Crippen molar-refractivity contribution in [3.05, 3.63) is 35.9 Å². The molecule has 254 valence electrons. The number of hydrogen-bond acceptors (Lipinski definition) is 6. The van der Waals surface area contributed by atoms with E-state index in [0.717, 1.165) is 31.2 Å². The Morgan fingerprint density at radius 1 is 0.867 bits per heavy atom. The number of nitrogens with one attached hydrogen (secondary N) is 4. The first kappa shape index (κ1) is 38.0. The van der Waals surface area contributed by atoms with Crippen LogP contribution in [0, 0.1) is 17.8 Å². The molecule has 4 atom stereocenters. The summed E-state index contributed by atoms with van der Waals surface area (Å²) in [4.78, 5) is 52.8. The molecule has 2 unspecified atom stereocenters. The number of hydrogen-bond donors (Lipinski definition) is 5. The normalized spacial score (nSPS) is 16.8. The van der Waals surface area contributed by atoms with Crippen LogP contribution in [0.15, 0.2) is 30.3 Å². The quantitative estimate of drug-likeness (QED) is 0.180. The van der Waals surface area contributed by atoms with Crippen LogP contribution in [0.4, 0.5) is 4.79 Å². The number of amides is 4. The Balaban J connectivity index is 2.23.